The summed E-state index contributed by atoms with van der Waals surface area (Å²) in [6.07, 6.45) is 1.77. The predicted molar refractivity (Wildman–Crippen MR) is 61.6 cm³/mol. The Hall–Kier alpha value is -1.57. The molecular weight excluding hydrogens is 172 g/mol. The van der Waals surface area contributed by atoms with E-state index in [-0.39, 0.29) is 0 Å². The van der Waals surface area contributed by atoms with Gasteiger partial charge in [0.1, 0.15) is 0 Å². The fourth-order valence-electron chi connectivity index (χ4n) is 1.16. The zero-order chi connectivity index (χ0) is 10.6. The number of hydrogen-bond donors (Lipinski definition) is 0. The van der Waals surface area contributed by atoms with Crippen LogP contribution in [0.2, 0.25) is 0 Å². The topological polar surface area (TPSA) is 15.6 Å². The van der Waals surface area contributed by atoms with Crippen LogP contribution in [0.4, 0.5) is 0 Å². The molecule has 0 fully saturated rings. The molecule has 2 heteroatoms. The minimum atomic E-state index is 0.898. The second-order valence-corrected chi connectivity index (χ2v) is 3.40. The average Bonchev–Trinajstić information content (AvgIpc) is 2.15. The van der Waals surface area contributed by atoms with E-state index in [9.17, 15) is 0 Å². The maximum Gasteiger partial charge on any atom is 0.0897 e. The number of nitrogens with zero attached hydrogens (tertiary/aromatic N) is 2. The van der Waals surface area contributed by atoms with E-state index in [0.717, 1.165) is 11.3 Å². The van der Waals surface area contributed by atoms with Gasteiger partial charge in [0.2, 0.25) is 0 Å². The second-order valence-electron chi connectivity index (χ2n) is 3.40. The average molecular weight is 188 g/mol. The van der Waals surface area contributed by atoms with Crippen molar-refractivity contribution >= 4 is 5.71 Å². The van der Waals surface area contributed by atoms with Crippen LogP contribution in [0.1, 0.15) is 11.1 Å². The summed E-state index contributed by atoms with van der Waals surface area (Å²) in [5.41, 5.74) is 3.25. The largest absolute Gasteiger partial charge is 0.303 e. The van der Waals surface area contributed by atoms with Crippen molar-refractivity contribution in [3.63, 3.8) is 0 Å². The van der Waals surface area contributed by atoms with E-state index in [1.54, 1.807) is 11.1 Å². The van der Waals surface area contributed by atoms with Gasteiger partial charge in [-0.3, -0.25) is 0 Å². The smallest absolute Gasteiger partial charge is 0.0897 e. The molecule has 0 atom stereocenters. The Balaban J connectivity index is 3.01. The van der Waals surface area contributed by atoms with Crippen LogP contribution in [0.15, 0.2) is 42.0 Å². The molecule has 0 aromatic heterocycles. The summed E-state index contributed by atoms with van der Waals surface area (Å²) < 4.78 is 0. The Morgan fingerprint density at radius 1 is 1.29 bits per heavy atom. The van der Waals surface area contributed by atoms with Crippen molar-refractivity contribution in [3.8, 4) is 0 Å². The minimum absolute atomic E-state index is 0.898. The third-order valence-corrected chi connectivity index (χ3v) is 1.85. The SMILES string of the molecule is C=C/C(=N\N(C)C)c1ccc(C)cc1. The van der Waals surface area contributed by atoms with Gasteiger partial charge in [0.05, 0.1) is 5.71 Å². The number of aryl methyl sites for hydroxylation is 1. The second kappa shape index (κ2) is 4.61. The van der Waals surface area contributed by atoms with Crippen molar-refractivity contribution in [2.45, 2.75) is 6.92 Å². The first-order valence-corrected chi connectivity index (χ1v) is 4.59. The highest BCUT2D eigenvalue weighted by molar-refractivity contribution is 6.08. The molecular formula is C12H16N2. The lowest BCUT2D eigenvalue weighted by Crippen LogP contribution is -2.08. The van der Waals surface area contributed by atoms with Crippen LogP contribution >= 0.6 is 0 Å². The lowest BCUT2D eigenvalue weighted by molar-refractivity contribution is 0.438. The van der Waals surface area contributed by atoms with Gasteiger partial charge < -0.3 is 5.01 Å². The van der Waals surface area contributed by atoms with Gasteiger partial charge in [-0.15, -0.1) is 0 Å². The summed E-state index contributed by atoms with van der Waals surface area (Å²) in [5, 5.41) is 6.10. The van der Waals surface area contributed by atoms with Gasteiger partial charge in [0, 0.05) is 19.7 Å². The van der Waals surface area contributed by atoms with Crippen molar-refractivity contribution in [2.75, 3.05) is 14.1 Å². The number of hydrogen-bond acceptors (Lipinski definition) is 2. The summed E-state index contributed by atoms with van der Waals surface area (Å²) in [5.74, 6) is 0. The van der Waals surface area contributed by atoms with Gasteiger partial charge in [0.25, 0.3) is 0 Å². The van der Waals surface area contributed by atoms with Gasteiger partial charge in [-0.2, -0.15) is 5.10 Å². The molecule has 1 aromatic carbocycles. The number of allylic oxidation sites excluding steroid dienone is 1. The fraction of sp³-hybridized carbons (Fsp3) is 0.250. The van der Waals surface area contributed by atoms with E-state index in [4.69, 9.17) is 0 Å². The van der Waals surface area contributed by atoms with Crippen molar-refractivity contribution in [1.29, 1.82) is 0 Å². The molecule has 0 aliphatic heterocycles. The maximum atomic E-state index is 4.33. The first kappa shape index (κ1) is 10.5. The van der Waals surface area contributed by atoms with E-state index in [1.165, 1.54) is 5.56 Å². The molecule has 0 spiro atoms. The van der Waals surface area contributed by atoms with Gasteiger partial charge in [-0.05, 0) is 13.0 Å². The summed E-state index contributed by atoms with van der Waals surface area (Å²) in [6, 6.07) is 8.26. The van der Waals surface area contributed by atoms with Crippen LogP contribution in [0.25, 0.3) is 0 Å². The van der Waals surface area contributed by atoms with Crippen LogP contribution in [0.3, 0.4) is 0 Å². The molecule has 0 aliphatic carbocycles. The van der Waals surface area contributed by atoms with E-state index in [2.05, 4.69) is 42.9 Å². The molecule has 1 aromatic rings. The zero-order valence-corrected chi connectivity index (χ0v) is 8.99. The maximum absolute atomic E-state index is 4.33. The molecule has 0 N–H and O–H groups in total. The highest BCUT2D eigenvalue weighted by Crippen LogP contribution is 2.05. The molecule has 74 valence electrons. The molecule has 0 saturated carbocycles. The quantitative estimate of drug-likeness (QED) is 0.525. The Morgan fingerprint density at radius 3 is 2.29 bits per heavy atom. The number of benzene rings is 1. The fourth-order valence-corrected chi connectivity index (χ4v) is 1.16. The monoisotopic (exact) mass is 188 g/mol. The Morgan fingerprint density at radius 2 is 1.86 bits per heavy atom. The predicted octanol–water partition coefficient (Wildman–Crippen LogP) is 2.45. The lowest BCUT2D eigenvalue weighted by Gasteiger charge is -2.07. The van der Waals surface area contributed by atoms with E-state index < -0.39 is 0 Å². The zero-order valence-electron chi connectivity index (χ0n) is 8.99. The standard InChI is InChI=1S/C12H16N2/c1-5-12(13-14(3)4)11-8-6-10(2)7-9-11/h5-9H,1H2,2-4H3/b13-12+. The third-order valence-electron chi connectivity index (χ3n) is 1.85. The summed E-state index contributed by atoms with van der Waals surface area (Å²) >= 11 is 0. The van der Waals surface area contributed by atoms with Gasteiger partial charge in [0.15, 0.2) is 0 Å². The summed E-state index contributed by atoms with van der Waals surface area (Å²) in [6.45, 7) is 5.83. The molecule has 0 unspecified atom stereocenters. The molecule has 0 amide bonds. The first-order valence-electron chi connectivity index (χ1n) is 4.59. The van der Waals surface area contributed by atoms with Crippen LogP contribution in [0.5, 0.6) is 0 Å². The Kier molecular flexibility index (Phi) is 3.46. The van der Waals surface area contributed by atoms with Crippen LogP contribution in [0, 0.1) is 6.92 Å². The molecule has 0 radical (unpaired) electrons. The molecule has 0 bridgehead atoms. The van der Waals surface area contributed by atoms with Gasteiger partial charge in [-0.25, -0.2) is 0 Å². The number of hydrazone groups is 1. The van der Waals surface area contributed by atoms with Crippen LogP contribution in [-0.2, 0) is 0 Å². The minimum Gasteiger partial charge on any atom is -0.303 e. The summed E-state index contributed by atoms with van der Waals surface area (Å²) in [4.78, 5) is 0. The van der Waals surface area contributed by atoms with Crippen molar-refractivity contribution in [1.82, 2.24) is 5.01 Å². The molecule has 14 heavy (non-hydrogen) atoms. The Bertz CT molecular complexity index is 334. The number of rotatable bonds is 3. The summed E-state index contributed by atoms with van der Waals surface area (Å²) in [7, 11) is 3.80. The lowest BCUT2D eigenvalue weighted by atomic mass is 10.1. The molecule has 0 aliphatic rings. The molecule has 0 heterocycles. The third kappa shape index (κ3) is 2.73. The van der Waals surface area contributed by atoms with Crippen molar-refractivity contribution in [2.24, 2.45) is 5.10 Å². The Labute approximate surface area is 85.6 Å². The van der Waals surface area contributed by atoms with E-state index >= 15 is 0 Å². The van der Waals surface area contributed by atoms with Crippen molar-refractivity contribution in [3.05, 3.63) is 48.0 Å². The van der Waals surface area contributed by atoms with Crippen molar-refractivity contribution < 1.29 is 0 Å². The molecule has 1 rings (SSSR count). The van der Waals surface area contributed by atoms with Crippen LogP contribution in [-0.4, -0.2) is 24.8 Å². The van der Waals surface area contributed by atoms with Gasteiger partial charge >= 0.3 is 0 Å². The highest BCUT2D eigenvalue weighted by Gasteiger charge is 1.98. The normalized spacial score (nSPS) is 11.2. The molecule has 0 saturated heterocycles. The van der Waals surface area contributed by atoms with E-state index in [1.807, 2.05) is 14.1 Å². The first-order chi connectivity index (χ1) is 6.63. The van der Waals surface area contributed by atoms with E-state index in [0.29, 0.717) is 0 Å². The van der Waals surface area contributed by atoms with Crippen LogP contribution < -0.4 is 0 Å². The van der Waals surface area contributed by atoms with Gasteiger partial charge in [-0.1, -0.05) is 36.4 Å². The highest BCUT2D eigenvalue weighted by atomic mass is 15.4. The molecule has 2 nitrogen and oxygen atoms in total.